The van der Waals surface area contributed by atoms with Crippen LogP contribution in [0.15, 0.2) is 30.5 Å². The SMILES string of the molecule is O=C(O)[C@@H]1CCCN1c1ncc(-c2ccc(Cl)cc2)s1. The molecular weight excluding hydrogens is 296 g/mol. The van der Waals surface area contributed by atoms with Gasteiger partial charge in [0.25, 0.3) is 0 Å². The van der Waals surface area contributed by atoms with Gasteiger partial charge in [-0.1, -0.05) is 35.1 Å². The molecule has 1 N–H and O–H groups in total. The van der Waals surface area contributed by atoms with Crippen molar-refractivity contribution in [2.45, 2.75) is 18.9 Å². The zero-order valence-electron chi connectivity index (χ0n) is 10.6. The summed E-state index contributed by atoms with van der Waals surface area (Å²) < 4.78 is 0. The molecule has 3 rings (SSSR count). The number of nitrogens with zero attached hydrogens (tertiary/aromatic N) is 2. The van der Waals surface area contributed by atoms with Crippen LogP contribution < -0.4 is 4.90 Å². The van der Waals surface area contributed by atoms with Gasteiger partial charge in [0.1, 0.15) is 6.04 Å². The third kappa shape index (κ3) is 2.51. The average Bonchev–Trinajstić information content (AvgIpc) is 3.08. The Morgan fingerprint density at radius 3 is 2.85 bits per heavy atom. The number of benzene rings is 1. The van der Waals surface area contributed by atoms with Crippen molar-refractivity contribution >= 4 is 34.0 Å². The number of carboxylic acids is 1. The highest BCUT2D eigenvalue weighted by atomic mass is 35.5. The number of halogens is 1. The quantitative estimate of drug-likeness (QED) is 0.942. The number of carbonyl (C=O) groups is 1. The van der Waals surface area contributed by atoms with E-state index in [0.29, 0.717) is 11.4 Å². The molecule has 1 saturated heterocycles. The van der Waals surface area contributed by atoms with Gasteiger partial charge < -0.3 is 10.0 Å². The van der Waals surface area contributed by atoms with E-state index in [4.69, 9.17) is 11.6 Å². The highest BCUT2D eigenvalue weighted by Gasteiger charge is 2.32. The van der Waals surface area contributed by atoms with Crippen LogP contribution in [0.5, 0.6) is 0 Å². The van der Waals surface area contributed by atoms with E-state index < -0.39 is 12.0 Å². The summed E-state index contributed by atoms with van der Waals surface area (Å²) >= 11 is 7.39. The Balaban J connectivity index is 1.86. The van der Waals surface area contributed by atoms with E-state index in [2.05, 4.69) is 4.98 Å². The number of thiazole rings is 1. The van der Waals surface area contributed by atoms with E-state index in [1.54, 1.807) is 6.20 Å². The molecule has 0 radical (unpaired) electrons. The van der Waals surface area contributed by atoms with Crippen molar-refractivity contribution in [2.75, 3.05) is 11.4 Å². The van der Waals surface area contributed by atoms with Crippen LogP contribution in [0.4, 0.5) is 5.13 Å². The van der Waals surface area contributed by atoms with Crippen LogP contribution in [0.1, 0.15) is 12.8 Å². The van der Waals surface area contributed by atoms with E-state index in [1.165, 1.54) is 11.3 Å². The largest absolute Gasteiger partial charge is 0.480 e. The molecule has 1 atom stereocenters. The Hall–Kier alpha value is -1.59. The summed E-state index contributed by atoms with van der Waals surface area (Å²) in [6.07, 6.45) is 3.37. The first-order valence-electron chi connectivity index (χ1n) is 6.36. The Morgan fingerprint density at radius 1 is 1.40 bits per heavy atom. The predicted molar refractivity (Wildman–Crippen MR) is 80.6 cm³/mol. The van der Waals surface area contributed by atoms with Gasteiger partial charge >= 0.3 is 5.97 Å². The molecule has 1 fully saturated rings. The molecule has 0 bridgehead atoms. The second kappa shape index (κ2) is 5.42. The summed E-state index contributed by atoms with van der Waals surface area (Å²) in [6, 6.07) is 7.12. The van der Waals surface area contributed by atoms with Gasteiger partial charge in [-0.15, -0.1) is 0 Å². The molecule has 0 saturated carbocycles. The Bertz CT molecular complexity index is 626. The lowest BCUT2D eigenvalue weighted by molar-refractivity contribution is -0.138. The third-order valence-corrected chi connectivity index (χ3v) is 4.74. The first kappa shape index (κ1) is 13.4. The van der Waals surface area contributed by atoms with Crippen molar-refractivity contribution in [3.8, 4) is 10.4 Å². The molecule has 1 aromatic heterocycles. The summed E-state index contributed by atoms with van der Waals surface area (Å²) in [6.45, 7) is 0.755. The standard InChI is InChI=1S/C14H13ClN2O2S/c15-10-5-3-9(4-6-10)12-8-16-14(20-12)17-7-1-2-11(17)13(18)19/h3-6,8,11H,1-2,7H2,(H,18,19)/t11-/m0/s1. The molecule has 4 nitrogen and oxygen atoms in total. The number of hydrogen-bond donors (Lipinski definition) is 1. The molecule has 1 aromatic carbocycles. The van der Waals surface area contributed by atoms with Crippen molar-refractivity contribution < 1.29 is 9.90 Å². The summed E-state index contributed by atoms with van der Waals surface area (Å²) in [7, 11) is 0. The average molecular weight is 309 g/mol. The molecule has 1 aliphatic heterocycles. The summed E-state index contributed by atoms with van der Waals surface area (Å²) in [5.74, 6) is -0.772. The lowest BCUT2D eigenvalue weighted by Gasteiger charge is -2.19. The third-order valence-electron chi connectivity index (χ3n) is 3.41. The minimum Gasteiger partial charge on any atom is -0.480 e. The second-order valence-electron chi connectivity index (χ2n) is 4.70. The fourth-order valence-electron chi connectivity index (χ4n) is 2.40. The number of rotatable bonds is 3. The minimum absolute atomic E-state index is 0.445. The zero-order chi connectivity index (χ0) is 14.1. The van der Waals surface area contributed by atoms with E-state index in [9.17, 15) is 9.90 Å². The molecule has 104 valence electrons. The van der Waals surface area contributed by atoms with Crippen LogP contribution in [-0.4, -0.2) is 28.6 Å². The Kier molecular flexibility index (Phi) is 3.63. The van der Waals surface area contributed by atoms with Crippen LogP contribution in [-0.2, 0) is 4.79 Å². The van der Waals surface area contributed by atoms with Crippen molar-refractivity contribution in [1.82, 2.24) is 4.98 Å². The lowest BCUT2D eigenvalue weighted by atomic mass is 10.2. The van der Waals surface area contributed by atoms with Gasteiger partial charge in [-0.3, -0.25) is 0 Å². The van der Waals surface area contributed by atoms with E-state index in [1.807, 2.05) is 29.2 Å². The number of hydrogen-bond acceptors (Lipinski definition) is 4. The van der Waals surface area contributed by atoms with Gasteiger partial charge in [0.05, 0.1) is 4.88 Å². The molecule has 6 heteroatoms. The summed E-state index contributed by atoms with van der Waals surface area (Å²) in [4.78, 5) is 18.5. The molecular formula is C14H13ClN2O2S. The van der Waals surface area contributed by atoms with Gasteiger partial charge in [-0.2, -0.15) is 0 Å². The fourth-order valence-corrected chi connectivity index (χ4v) is 3.52. The van der Waals surface area contributed by atoms with Gasteiger partial charge in [0.2, 0.25) is 0 Å². The molecule has 20 heavy (non-hydrogen) atoms. The number of anilines is 1. The van der Waals surface area contributed by atoms with Crippen molar-refractivity contribution in [3.05, 3.63) is 35.5 Å². The first-order chi connectivity index (χ1) is 9.65. The lowest BCUT2D eigenvalue weighted by Crippen LogP contribution is -2.35. The summed E-state index contributed by atoms with van der Waals surface area (Å²) in [5.41, 5.74) is 1.05. The fraction of sp³-hybridized carbons (Fsp3) is 0.286. The highest BCUT2D eigenvalue weighted by molar-refractivity contribution is 7.18. The Morgan fingerprint density at radius 2 is 2.15 bits per heavy atom. The normalized spacial score (nSPS) is 18.4. The highest BCUT2D eigenvalue weighted by Crippen LogP contribution is 2.34. The number of aromatic nitrogens is 1. The molecule has 2 aromatic rings. The van der Waals surface area contributed by atoms with Gasteiger partial charge in [-0.25, -0.2) is 9.78 Å². The van der Waals surface area contributed by atoms with E-state index in [-0.39, 0.29) is 0 Å². The van der Waals surface area contributed by atoms with Gasteiger partial charge in [0, 0.05) is 17.8 Å². The molecule has 0 amide bonds. The monoisotopic (exact) mass is 308 g/mol. The van der Waals surface area contributed by atoms with Gasteiger partial charge in [0.15, 0.2) is 5.13 Å². The minimum atomic E-state index is -0.772. The van der Waals surface area contributed by atoms with Crippen LogP contribution in [0.2, 0.25) is 5.02 Å². The topological polar surface area (TPSA) is 53.4 Å². The van der Waals surface area contributed by atoms with Crippen molar-refractivity contribution in [1.29, 1.82) is 0 Å². The Labute approximate surface area is 125 Å². The predicted octanol–water partition coefficient (Wildman–Crippen LogP) is 3.52. The van der Waals surface area contributed by atoms with Crippen LogP contribution in [0, 0.1) is 0 Å². The van der Waals surface area contributed by atoms with Gasteiger partial charge in [-0.05, 0) is 30.5 Å². The smallest absolute Gasteiger partial charge is 0.326 e. The van der Waals surface area contributed by atoms with Crippen LogP contribution in [0.25, 0.3) is 10.4 Å². The zero-order valence-corrected chi connectivity index (χ0v) is 12.2. The van der Waals surface area contributed by atoms with Crippen LogP contribution >= 0.6 is 22.9 Å². The van der Waals surface area contributed by atoms with Crippen molar-refractivity contribution in [2.24, 2.45) is 0 Å². The summed E-state index contributed by atoms with van der Waals surface area (Å²) in [5, 5.41) is 10.7. The molecule has 1 aliphatic rings. The number of carboxylic acid groups (broad SMARTS) is 1. The second-order valence-corrected chi connectivity index (χ2v) is 6.15. The number of aliphatic carboxylic acids is 1. The molecule has 0 unspecified atom stereocenters. The van der Waals surface area contributed by atoms with E-state index >= 15 is 0 Å². The maximum Gasteiger partial charge on any atom is 0.326 e. The van der Waals surface area contributed by atoms with Crippen molar-refractivity contribution in [3.63, 3.8) is 0 Å². The maximum atomic E-state index is 11.2. The first-order valence-corrected chi connectivity index (χ1v) is 7.56. The van der Waals surface area contributed by atoms with E-state index in [0.717, 1.165) is 28.5 Å². The van der Waals surface area contributed by atoms with Crippen LogP contribution in [0.3, 0.4) is 0 Å². The molecule has 2 heterocycles. The molecule has 0 aliphatic carbocycles. The maximum absolute atomic E-state index is 11.2. The molecule has 0 spiro atoms.